The lowest BCUT2D eigenvalue weighted by Gasteiger charge is -2.34. The first-order valence-electron chi connectivity index (χ1n) is 16.0. The van der Waals surface area contributed by atoms with Crippen LogP contribution in [0.1, 0.15) is 47.4 Å². The number of likely N-dealkylation sites (N-methyl/N-ethyl adjacent to an activating group) is 1. The monoisotopic (exact) mass is 586 g/mol. The van der Waals surface area contributed by atoms with Crippen molar-refractivity contribution in [1.82, 2.24) is 15.5 Å². The molecule has 2 aliphatic heterocycles. The predicted molar refractivity (Wildman–Crippen MR) is 176 cm³/mol. The van der Waals surface area contributed by atoms with Gasteiger partial charge in [0, 0.05) is 62.4 Å². The maximum absolute atomic E-state index is 6.02. The largest absolute Gasteiger partial charge is 0.496 e. The minimum absolute atomic E-state index is 0.391. The Bertz CT molecular complexity index is 1270. The molecule has 0 bridgehead atoms. The van der Waals surface area contributed by atoms with Crippen LogP contribution in [0, 0.1) is 0 Å². The third-order valence-electron chi connectivity index (χ3n) is 8.69. The molecule has 0 amide bonds. The van der Waals surface area contributed by atoms with Gasteiger partial charge >= 0.3 is 0 Å². The predicted octanol–water partition coefficient (Wildman–Crippen LogP) is 5.23. The van der Waals surface area contributed by atoms with Gasteiger partial charge in [0.2, 0.25) is 0 Å². The lowest BCUT2D eigenvalue weighted by Crippen LogP contribution is -2.47. The van der Waals surface area contributed by atoms with Crippen LogP contribution in [0.4, 0.5) is 5.69 Å². The first-order valence-corrected chi connectivity index (χ1v) is 16.0. The molecule has 0 spiro atoms. The zero-order chi connectivity index (χ0) is 29.9. The second-order valence-corrected chi connectivity index (χ2v) is 12.1. The van der Waals surface area contributed by atoms with Gasteiger partial charge < -0.3 is 34.6 Å². The maximum Gasteiger partial charge on any atom is 0.124 e. The Balaban J connectivity index is 1.09. The summed E-state index contributed by atoms with van der Waals surface area (Å²) in [5, 5.41) is 7.51. The number of para-hydroxylation sites is 1. The Hall–Kier alpha value is -3.10. The number of hydrogen-bond acceptors (Lipinski definition) is 7. The van der Waals surface area contributed by atoms with Crippen LogP contribution >= 0.6 is 0 Å². The molecule has 5 rings (SSSR count). The second-order valence-electron chi connectivity index (χ2n) is 12.1. The van der Waals surface area contributed by atoms with Crippen molar-refractivity contribution in [3.63, 3.8) is 0 Å². The maximum atomic E-state index is 6.02. The van der Waals surface area contributed by atoms with Gasteiger partial charge in [0.25, 0.3) is 0 Å². The molecule has 7 nitrogen and oxygen atoms in total. The minimum Gasteiger partial charge on any atom is -0.496 e. The van der Waals surface area contributed by atoms with Crippen molar-refractivity contribution < 1.29 is 14.2 Å². The summed E-state index contributed by atoms with van der Waals surface area (Å²) in [7, 11) is 6.00. The van der Waals surface area contributed by atoms with Crippen molar-refractivity contribution in [2.24, 2.45) is 0 Å². The van der Waals surface area contributed by atoms with E-state index in [-0.39, 0.29) is 0 Å². The number of nitrogens with zero attached hydrogens (tertiary/aromatic N) is 2. The van der Waals surface area contributed by atoms with Crippen molar-refractivity contribution in [2.45, 2.75) is 50.8 Å². The van der Waals surface area contributed by atoms with Gasteiger partial charge in [0.1, 0.15) is 11.5 Å². The van der Waals surface area contributed by atoms with Gasteiger partial charge in [-0.25, -0.2) is 0 Å². The SMILES string of the molecule is COc1ccccc1COCCCOc1ccc(C2CCNCC2NCc2ccc3c(c2)N(CCN(C)C)CCC3)cc1. The number of piperidine rings is 1. The second kappa shape index (κ2) is 16.1. The van der Waals surface area contributed by atoms with Crippen LogP contribution < -0.4 is 25.0 Å². The zero-order valence-corrected chi connectivity index (χ0v) is 26.3. The Kier molecular flexibility index (Phi) is 11.7. The molecule has 1 saturated heterocycles. The van der Waals surface area contributed by atoms with E-state index in [4.69, 9.17) is 14.2 Å². The third kappa shape index (κ3) is 8.96. The average Bonchev–Trinajstić information content (AvgIpc) is 3.05. The van der Waals surface area contributed by atoms with E-state index in [1.54, 1.807) is 7.11 Å². The van der Waals surface area contributed by atoms with E-state index in [0.717, 1.165) is 69.2 Å². The van der Waals surface area contributed by atoms with Crippen molar-refractivity contribution >= 4 is 5.69 Å². The van der Waals surface area contributed by atoms with E-state index in [2.05, 4.69) is 77.0 Å². The molecule has 7 heteroatoms. The highest BCUT2D eigenvalue weighted by Gasteiger charge is 2.26. The van der Waals surface area contributed by atoms with Crippen LogP contribution in [0.5, 0.6) is 11.5 Å². The normalized spacial score (nSPS) is 18.5. The van der Waals surface area contributed by atoms with Crippen LogP contribution in [-0.4, -0.2) is 78.1 Å². The van der Waals surface area contributed by atoms with E-state index in [0.29, 0.717) is 31.8 Å². The number of methoxy groups -OCH3 is 1. The molecule has 2 aliphatic rings. The Morgan fingerprint density at radius 1 is 1.02 bits per heavy atom. The highest BCUT2D eigenvalue weighted by Crippen LogP contribution is 2.30. The zero-order valence-electron chi connectivity index (χ0n) is 26.3. The van der Waals surface area contributed by atoms with E-state index in [1.165, 1.54) is 35.2 Å². The van der Waals surface area contributed by atoms with Gasteiger partial charge in [-0.3, -0.25) is 0 Å². The molecule has 2 unspecified atom stereocenters. The smallest absolute Gasteiger partial charge is 0.124 e. The number of fused-ring (bicyclic) bond motifs is 1. The van der Waals surface area contributed by atoms with Gasteiger partial charge in [-0.1, -0.05) is 42.5 Å². The quantitative estimate of drug-likeness (QED) is 0.237. The molecule has 2 heterocycles. The van der Waals surface area contributed by atoms with Gasteiger partial charge in [0.05, 0.1) is 26.9 Å². The Morgan fingerprint density at radius 3 is 2.72 bits per heavy atom. The molecule has 0 radical (unpaired) electrons. The molecule has 2 N–H and O–H groups in total. The summed E-state index contributed by atoms with van der Waals surface area (Å²) >= 11 is 0. The first-order chi connectivity index (χ1) is 21.1. The molecule has 3 aromatic rings. The fraction of sp³-hybridized carbons (Fsp3) is 0.500. The molecule has 232 valence electrons. The van der Waals surface area contributed by atoms with E-state index in [1.807, 2.05) is 24.3 Å². The third-order valence-corrected chi connectivity index (χ3v) is 8.69. The lowest BCUT2D eigenvalue weighted by molar-refractivity contribution is 0.105. The van der Waals surface area contributed by atoms with Gasteiger partial charge in [-0.2, -0.15) is 0 Å². The molecule has 0 saturated carbocycles. The first kappa shape index (κ1) is 31.3. The summed E-state index contributed by atoms with van der Waals surface area (Å²) in [5.41, 5.74) is 6.75. The van der Waals surface area contributed by atoms with E-state index in [9.17, 15) is 0 Å². The average molecular weight is 587 g/mol. The van der Waals surface area contributed by atoms with Gasteiger partial charge in [0.15, 0.2) is 0 Å². The molecule has 0 aromatic heterocycles. The number of rotatable bonds is 15. The van der Waals surface area contributed by atoms with Crippen molar-refractivity contribution in [2.75, 3.05) is 72.0 Å². The van der Waals surface area contributed by atoms with Crippen LogP contribution in [0.25, 0.3) is 0 Å². The molecular formula is C36H50N4O3. The molecule has 43 heavy (non-hydrogen) atoms. The van der Waals surface area contributed by atoms with Crippen molar-refractivity contribution in [3.05, 3.63) is 89.0 Å². The molecule has 1 fully saturated rings. The van der Waals surface area contributed by atoms with Crippen molar-refractivity contribution in [1.29, 1.82) is 0 Å². The Morgan fingerprint density at radius 2 is 1.88 bits per heavy atom. The summed E-state index contributed by atoms with van der Waals surface area (Å²) in [6.45, 7) is 8.08. The number of anilines is 1. The number of nitrogens with one attached hydrogen (secondary N) is 2. The number of benzene rings is 3. The van der Waals surface area contributed by atoms with Crippen LogP contribution in [0.2, 0.25) is 0 Å². The van der Waals surface area contributed by atoms with Crippen LogP contribution in [0.3, 0.4) is 0 Å². The van der Waals surface area contributed by atoms with Crippen molar-refractivity contribution in [3.8, 4) is 11.5 Å². The summed E-state index contributed by atoms with van der Waals surface area (Å²) in [6, 6.07) is 24.2. The van der Waals surface area contributed by atoms with Gasteiger partial charge in [-0.15, -0.1) is 0 Å². The number of aryl methyl sites for hydroxylation is 1. The standard InChI is InChI=1S/C36H50N4O3/c1-39(2)20-21-40-19-6-9-30-12-11-28(24-35(30)40)25-38-34-26-37-18-17-33(34)29-13-15-32(16-14-29)43-23-7-22-42-27-31-8-4-5-10-36(31)41-3/h4-5,8,10-16,24,33-34,37-38H,6-7,9,17-23,25-27H2,1-3H3. The Labute approximate surface area is 258 Å². The van der Waals surface area contributed by atoms with Gasteiger partial charge in [-0.05, 0) is 80.9 Å². The molecule has 3 aromatic carbocycles. The summed E-state index contributed by atoms with van der Waals surface area (Å²) in [6.07, 6.45) is 4.40. The summed E-state index contributed by atoms with van der Waals surface area (Å²) in [5.74, 6) is 2.26. The lowest BCUT2D eigenvalue weighted by atomic mass is 9.86. The fourth-order valence-electron chi connectivity index (χ4n) is 6.25. The highest BCUT2D eigenvalue weighted by molar-refractivity contribution is 5.57. The topological polar surface area (TPSA) is 58.2 Å². The number of hydrogen-bond donors (Lipinski definition) is 2. The molecule has 0 aliphatic carbocycles. The highest BCUT2D eigenvalue weighted by atomic mass is 16.5. The minimum atomic E-state index is 0.391. The van der Waals surface area contributed by atoms with E-state index >= 15 is 0 Å². The summed E-state index contributed by atoms with van der Waals surface area (Å²) < 4.78 is 17.3. The molecule has 2 atom stereocenters. The number of ether oxygens (including phenoxy) is 3. The van der Waals surface area contributed by atoms with Crippen LogP contribution in [-0.2, 0) is 24.3 Å². The summed E-state index contributed by atoms with van der Waals surface area (Å²) in [4.78, 5) is 4.85. The molecular weight excluding hydrogens is 536 g/mol. The fourth-order valence-corrected chi connectivity index (χ4v) is 6.25. The van der Waals surface area contributed by atoms with E-state index < -0.39 is 0 Å². The van der Waals surface area contributed by atoms with Crippen LogP contribution in [0.15, 0.2) is 66.7 Å².